The zero-order chi connectivity index (χ0) is 15.5. The van der Waals surface area contributed by atoms with Gasteiger partial charge in [-0.15, -0.1) is 0 Å². The van der Waals surface area contributed by atoms with Crippen LogP contribution in [-0.2, 0) is 4.74 Å². The largest absolute Gasteiger partial charge is 0.493 e. The molecule has 1 aromatic carbocycles. The number of hydrogen-bond acceptors (Lipinski definition) is 4. The highest BCUT2D eigenvalue weighted by atomic mass is 19.3. The van der Waals surface area contributed by atoms with Crippen LogP contribution >= 0.6 is 0 Å². The summed E-state index contributed by atoms with van der Waals surface area (Å²) in [5, 5.41) is 3.34. The smallest absolute Gasteiger partial charge is 0.387 e. The van der Waals surface area contributed by atoms with Crippen molar-refractivity contribution in [2.75, 3.05) is 19.0 Å². The lowest BCUT2D eigenvalue weighted by molar-refractivity contribution is -0.0553. The molecule has 0 spiro atoms. The number of alkyl halides is 2. The van der Waals surface area contributed by atoms with Gasteiger partial charge in [-0.1, -0.05) is 0 Å². The van der Waals surface area contributed by atoms with E-state index in [-0.39, 0.29) is 23.1 Å². The third-order valence-electron chi connectivity index (χ3n) is 3.45. The van der Waals surface area contributed by atoms with E-state index in [0.717, 1.165) is 18.5 Å². The third kappa shape index (κ3) is 4.46. The fourth-order valence-electron chi connectivity index (χ4n) is 2.55. The molecule has 1 saturated heterocycles. The molecule has 0 amide bonds. The molecule has 1 aliphatic heterocycles. The number of ether oxygens (including phenoxy) is 3. The van der Waals surface area contributed by atoms with Gasteiger partial charge in [-0.25, -0.2) is 0 Å². The highest BCUT2D eigenvalue weighted by Crippen LogP contribution is 2.33. The van der Waals surface area contributed by atoms with Gasteiger partial charge < -0.3 is 19.5 Å². The van der Waals surface area contributed by atoms with Crippen molar-refractivity contribution in [3.8, 4) is 11.5 Å². The van der Waals surface area contributed by atoms with Gasteiger partial charge in [0.25, 0.3) is 0 Å². The average molecular weight is 301 g/mol. The molecular formula is C15H21F2NO3. The molecule has 0 saturated carbocycles. The third-order valence-corrected chi connectivity index (χ3v) is 3.45. The summed E-state index contributed by atoms with van der Waals surface area (Å²) in [6, 6.07) is 5.18. The fraction of sp³-hybridized carbons (Fsp3) is 0.600. The monoisotopic (exact) mass is 301 g/mol. The summed E-state index contributed by atoms with van der Waals surface area (Å²) in [6.07, 6.45) is 1.73. The quantitative estimate of drug-likeness (QED) is 0.901. The van der Waals surface area contributed by atoms with Crippen molar-refractivity contribution in [2.45, 2.75) is 44.9 Å². The van der Waals surface area contributed by atoms with Crippen molar-refractivity contribution in [1.82, 2.24) is 0 Å². The lowest BCUT2D eigenvalue weighted by atomic mass is 9.94. The molecular weight excluding hydrogens is 280 g/mol. The van der Waals surface area contributed by atoms with E-state index >= 15 is 0 Å². The Morgan fingerprint density at radius 3 is 2.71 bits per heavy atom. The fourth-order valence-corrected chi connectivity index (χ4v) is 2.55. The van der Waals surface area contributed by atoms with Crippen LogP contribution in [0.2, 0.25) is 0 Å². The molecule has 6 heteroatoms. The molecule has 1 N–H and O–H groups in total. The van der Waals surface area contributed by atoms with Crippen molar-refractivity contribution < 1.29 is 23.0 Å². The molecule has 4 nitrogen and oxygen atoms in total. The predicted octanol–water partition coefficient (Wildman–Crippen LogP) is 3.67. The Morgan fingerprint density at radius 1 is 1.33 bits per heavy atom. The van der Waals surface area contributed by atoms with Crippen molar-refractivity contribution >= 4 is 5.69 Å². The van der Waals surface area contributed by atoms with E-state index in [2.05, 4.69) is 10.1 Å². The van der Waals surface area contributed by atoms with Crippen LogP contribution in [0, 0.1) is 0 Å². The lowest BCUT2D eigenvalue weighted by Crippen LogP contribution is -2.40. The molecule has 0 aliphatic carbocycles. The van der Waals surface area contributed by atoms with Crippen molar-refractivity contribution in [1.29, 1.82) is 0 Å². The van der Waals surface area contributed by atoms with Crippen LogP contribution in [0.3, 0.4) is 0 Å². The maximum absolute atomic E-state index is 12.4. The van der Waals surface area contributed by atoms with Gasteiger partial charge in [-0.3, -0.25) is 0 Å². The molecule has 1 atom stereocenters. The van der Waals surface area contributed by atoms with E-state index in [0.29, 0.717) is 6.61 Å². The zero-order valence-electron chi connectivity index (χ0n) is 12.5. The first kappa shape index (κ1) is 15.8. The van der Waals surface area contributed by atoms with E-state index in [1.807, 2.05) is 13.8 Å². The second kappa shape index (κ2) is 6.47. The summed E-state index contributed by atoms with van der Waals surface area (Å²) >= 11 is 0. The Kier molecular flexibility index (Phi) is 4.88. The minimum atomic E-state index is -2.88. The predicted molar refractivity (Wildman–Crippen MR) is 76.3 cm³/mol. The van der Waals surface area contributed by atoms with E-state index in [1.165, 1.54) is 13.2 Å². The van der Waals surface area contributed by atoms with Gasteiger partial charge >= 0.3 is 6.61 Å². The number of anilines is 1. The van der Waals surface area contributed by atoms with E-state index in [1.54, 1.807) is 12.1 Å². The normalized spacial score (nSPS) is 21.1. The minimum absolute atomic E-state index is 0.0313. The van der Waals surface area contributed by atoms with Gasteiger partial charge in [-0.05, 0) is 38.8 Å². The van der Waals surface area contributed by atoms with Gasteiger partial charge in [0, 0.05) is 24.4 Å². The number of rotatable bonds is 5. The number of halogens is 2. The van der Waals surface area contributed by atoms with Crippen LogP contribution < -0.4 is 14.8 Å². The molecule has 1 heterocycles. The van der Waals surface area contributed by atoms with Gasteiger partial charge in [0.1, 0.15) is 0 Å². The highest BCUT2D eigenvalue weighted by Gasteiger charge is 2.28. The number of hydrogen-bond donors (Lipinski definition) is 1. The first-order valence-corrected chi connectivity index (χ1v) is 6.93. The molecule has 2 rings (SSSR count). The van der Waals surface area contributed by atoms with E-state index in [4.69, 9.17) is 9.47 Å². The Labute approximate surface area is 123 Å². The van der Waals surface area contributed by atoms with E-state index in [9.17, 15) is 8.78 Å². The maximum atomic E-state index is 12.4. The van der Waals surface area contributed by atoms with Crippen molar-refractivity contribution in [3.63, 3.8) is 0 Å². The number of benzene rings is 1. The van der Waals surface area contributed by atoms with Crippen LogP contribution in [0.25, 0.3) is 0 Å². The topological polar surface area (TPSA) is 39.7 Å². The Morgan fingerprint density at radius 2 is 2.10 bits per heavy atom. The van der Waals surface area contributed by atoms with Gasteiger partial charge in [0.2, 0.25) is 0 Å². The Balaban J connectivity index is 2.09. The molecule has 1 unspecified atom stereocenters. The molecule has 0 bridgehead atoms. The van der Waals surface area contributed by atoms with Crippen LogP contribution in [-0.4, -0.2) is 32.0 Å². The summed E-state index contributed by atoms with van der Waals surface area (Å²) < 4.78 is 40.0. The van der Waals surface area contributed by atoms with Crippen molar-refractivity contribution in [3.05, 3.63) is 18.2 Å². The molecule has 21 heavy (non-hydrogen) atoms. The van der Waals surface area contributed by atoms with E-state index < -0.39 is 6.61 Å². The van der Waals surface area contributed by atoms with Crippen molar-refractivity contribution in [2.24, 2.45) is 0 Å². The second-order valence-corrected chi connectivity index (χ2v) is 5.69. The van der Waals surface area contributed by atoms with Crippen LogP contribution in [0.15, 0.2) is 18.2 Å². The number of nitrogens with one attached hydrogen (secondary N) is 1. The molecule has 118 valence electrons. The average Bonchev–Trinajstić information content (AvgIpc) is 2.37. The Hall–Kier alpha value is -1.56. The second-order valence-electron chi connectivity index (χ2n) is 5.69. The molecule has 1 fully saturated rings. The summed E-state index contributed by atoms with van der Waals surface area (Å²) in [7, 11) is 1.42. The SMILES string of the molecule is COc1ccc(NC2CCOC(C)(C)C2)cc1OC(F)F. The van der Waals surface area contributed by atoms with Gasteiger partial charge in [0.05, 0.1) is 12.7 Å². The summed E-state index contributed by atoms with van der Waals surface area (Å²) in [4.78, 5) is 0. The lowest BCUT2D eigenvalue weighted by Gasteiger charge is -2.36. The van der Waals surface area contributed by atoms with Gasteiger partial charge in [0.15, 0.2) is 11.5 Å². The summed E-state index contributed by atoms with van der Waals surface area (Å²) in [5.74, 6) is 0.317. The first-order valence-electron chi connectivity index (χ1n) is 6.93. The maximum Gasteiger partial charge on any atom is 0.387 e. The number of methoxy groups -OCH3 is 1. The molecule has 0 radical (unpaired) electrons. The molecule has 1 aliphatic rings. The summed E-state index contributed by atoms with van der Waals surface area (Å²) in [5.41, 5.74) is 0.555. The Bertz CT molecular complexity index is 480. The molecule has 0 aromatic heterocycles. The standard InChI is InChI=1S/C15H21F2NO3/c1-15(2)9-11(6-7-20-15)18-10-4-5-12(19-3)13(8-10)21-14(16)17/h4-5,8,11,14,18H,6-7,9H2,1-3H3. The summed E-state index contributed by atoms with van der Waals surface area (Å²) in [6.45, 7) is 1.89. The first-order chi connectivity index (χ1) is 9.89. The highest BCUT2D eigenvalue weighted by molar-refractivity contribution is 5.55. The minimum Gasteiger partial charge on any atom is -0.493 e. The van der Waals surface area contributed by atoms with Crippen LogP contribution in [0.4, 0.5) is 14.5 Å². The van der Waals surface area contributed by atoms with Gasteiger partial charge in [-0.2, -0.15) is 8.78 Å². The zero-order valence-corrected chi connectivity index (χ0v) is 12.5. The van der Waals surface area contributed by atoms with Crippen LogP contribution in [0.5, 0.6) is 11.5 Å². The molecule has 1 aromatic rings. The van der Waals surface area contributed by atoms with Crippen LogP contribution in [0.1, 0.15) is 26.7 Å².